The molecule has 170 valence electrons. The van der Waals surface area contributed by atoms with E-state index in [0.29, 0.717) is 41.7 Å². The first-order chi connectivity index (χ1) is 16.0. The Morgan fingerprint density at radius 2 is 1.70 bits per heavy atom. The van der Waals surface area contributed by atoms with Gasteiger partial charge in [0.25, 0.3) is 0 Å². The van der Waals surface area contributed by atoms with Gasteiger partial charge in [-0.1, -0.05) is 60.1 Å². The number of carbonyl (C=O) groups excluding carboxylic acids is 2. The molecule has 33 heavy (non-hydrogen) atoms. The van der Waals surface area contributed by atoms with Gasteiger partial charge in [0, 0.05) is 29.7 Å². The number of likely N-dealkylation sites (tertiary alicyclic amines) is 1. The number of methoxy groups -OCH3 is 1. The average molecular weight is 464 g/mol. The van der Waals surface area contributed by atoms with Crippen molar-refractivity contribution in [2.24, 2.45) is 5.92 Å². The molecule has 0 aliphatic carbocycles. The molecular formula is C26H26ClN3O3. The lowest BCUT2D eigenvalue weighted by atomic mass is 9.84. The molecule has 0 spiro atoms. The van der Waals surface area contributed by atoms with Crippen molar-refractivity contribution in [3.8, 4) is 5.75 Å². The van der Waals surface area contributed by atoms with Crippen molar-refractivity contribution >= 4 is 34.9 Å². The van der Waals surface area contributed by atoms with Gasteiger partial charge in [0.15, 0.2) is 0 Å². The van der Waals surface area contributed by atoms with Crippen molar-refractivity contribution in [1.82, 2.24) is 4.90 Å². The summed E-state index contributed by atoms with van der Waals surface area (Å²) in [6, 6.07) is 24.0. The van der Waals surface area contributed by atoms with Crippen LogP contribution in [0.2, 0.25) is 5.02 Å². The fraction of sp³-hybridized carbons (Fsp3) is 0.231. The van der Waals surface area contributed by atoms with Gasteiger partial charge in [-0.15, -0.1) is 0 Å². The second-order valence-electron chi connectivity index (χ2n) is 8.08. The molecule has 1 heterocycles. The van der Waals surface area contributed by atoms with E-state index in [1.54, 1.807) is 48.4 Å². The maximum Gasteiger partial charge on any atom is 0.321 e. The maximum absolute atomic E-state index is 13.2. The SMILES string of the molecule is COc1ccccc1NC(=O)N1C[C@@H](C(=O)Nc2cccc(Cl)c2)C[C@H](c2ccccc2)C1. The van der Waals surface area contributed by atoms with Crippen LogP contribution in [0.15, 0.2) is 78.9 Å². The Bertz CT molecular complexity index is 1120. The molecule has 0 bridgehead atoms. The van der Waals surface area contributed by atoms with Gasteiger partial charge in [0.05, 0.1) is 18.7 Å². The predicted molar refractivity (Wildman–Crippen MR) is 131 cm³/mol. The number of nitrogens with zero attached hydrogens (tertiary/aromatic N) is 1. The highest BCUT2D eigenvalue weighted by molar-refractivity contribution is 6.30. The zero-order valence-electron chi connectivity index (χ0n) is 18.3. The normalized spacial score (nSPS) is 17.8. The van der Waals surface area contributed by atoms with Crippen molar-refractivity contribution in [3.05, 3.63) is 89.4 Å². The van der Waals surface area contributed by atoms with Crippen molar-refractivity contribution in [2.45, 2.75) is 12.3 Å². The summed E-state index contributed by atoms with van der Waals surface area (Å²) in [6.45, 7) is 0.836. The van der Waals surface area contributed by atoms with Gasteiger partial charge in [0.1, 0.15) is 5.75 Å². The van der Waals surface area contributed by atoms with Crippen LogP contribution >= 0.6 is 11.6 Å². The van der Waals surface area contributed by atoms with Gasteiger partial charge in [-0.3, -0.25) is 4.79 Å². The van der Waals surface area contributed by atoms with Gasteiger partial charge < -0.3 is 20.3 Å². The first kappa shape index (κ1) is 22.7. The van der Waals surface area contributed by atoms with Crippen LogP contribution in [0, 0.1) is 5.92 Å². The highest BCUT2D eigenvalue weighted by Crippen LogP contribution is 2.32. The molecule has 0 saturated carbocycles. The third-order valence-corrected chi connectivity index (χ3v) is 6.06. The molecule has 2 atom stereocenters. The fourth-order valence-electron chi connectivity index (χ4n) is 4.17. The third-order valence-electron chi connectivity index (χ3n) is 5.82. The predicted octanol–water partition coefficient (Wildman–Crippen LogP) is 5.62. The standard InChI is InChI=1S/C26H26ClN3O3/c1-33-24-13-6-5-12-23(24)29-26(32)30-16-19(18-8-3-2-4-9-18)14-20(17-30)25(31)28-22-11-7-10-21(27)15-22/h2-13,15,19-20H,14,16-17H2,1H3,(H,28,31)(H,29,32)/t19-,20-/m0/s1. The third kappa shape index (κ3) is 5.65. The van der Waals surface area contributed by atoms with Crippen LogP contribution in [-0.2, 0) is 4.79 Å². The van der Waals surface area contributed by atoms with Crippen molar-refractivity contribution in [2.75, 3.05) is 30.8 Å². The molecule has 6 nitrogen and oxygen atoms in total. The number of anilines is 2. The van der Waals surface area contributed by atoms with E-state index in [1.165, 1.54) is 0 Å². The Morgan fingerprint density at radius 3 is 2.45 bits per heavy atom. The second-order valence-corrected chi connectivity index (χ2v) is 8.51. The number of ether oxygens (including phenoxy) is 1. The summed E-state index contributed by atoms with van der Waals surface area (Å²) in [5.74, 6) is 0.121. The molecule has 3 amide bonds. The summed E-state index contributed by atoms with van der Waals surface area (Å²) in [6.07, 6.45) is 0.648. The molecule has 7 heteroatoms. The van der Waals surface area contributed by atoms with E-state index in [1.807, 2.05) is 42.5 Å². The smallest absolute Gasteiger partial charge is 0.321 e. The van der Waals surface area contributed by atoms with E-state index in [9.17, 15) is 9.59 Å². The fourth-order valence-corrected chi connectivity index (χ4v) is 4.36. The van der Waals surface area contributed by atoms with Gasteiger partial charge in [-0.25, -0.2) is 4.79 Å². The molecule has 1 aliphatic heterocycles. The van der Waals surface area contributed by atoms with Crippen molar-refractivity contribution in [1.29, 1.82) is 0 Å². The Balaban J connectivity index is 1.54. The molecule has 3 aromatic carbocycles. The number of hydrogen-bond donors (Lipinski definition) is 2. The molecular weight excluding hydrogens is 438 g/mol. The lowest BCUT2D eigenvalue weighted by Crippen LogP contribution is -2.48. The summed E-state index contributed by atoms with van der Waals surface area (Å²) in [5, 5.41) is 6.44. The van der Waals surface area contributed by atoms with Crippen molar-refractivity contribution < 1.29 is 14.3 Å². The summed E-state index contributed by atoms with van der Waals surface area (Å²) >= 11 is 6.06. The molecule has 1 saturated heterocycles. The van der Waals surface area contributed by atoms with E-state index in [0.717, 1.165) is 5.56 Å². The van der Waals surface area contributed by atoms with Crippen LogP contribution < -0.4 is 15.4 Å². The number of rotatable bonds is 5. The van der Waals surface area contributed by atoms with Crippen LogP contribution in [0.1, 0.15) is 17.9 Å². The van der Waals surface area contributed by atoms with Gasteiger partial charge in [0.2, 0.25) is 5.91 Å². The number of halogens is 1. The minimum Gasteiger partial charge on any atom is -0.495 e. The zero-order valence-corrected chi connectivity index (χ0v) is 19.1. The number of hydrogen-bond acceptors (Lipinski definition) is 3. The molecule has 3 aromatic rings. The quantitative estimate of drug-likeness (QED) is 0.515. The average Bonchev–Trinajstić information content (AvgIpc) is 2.84. The number of amides is 3. The molecule has 0 unspecified atom stereocenters. The molecule has 4 rings (SSSR count). The highest BCUT2D eigenvalue weighted by atomic mass is 35.5. The van der Waals surface area contributed by atoms with E-state index in [-0.39, 0.29) is 23.8 Å². The van der Waals surface area contributed by atoms with Crippen LogP contribution in [0.3, 0.4) is 0 Å². The number of urea groups is 1. The Kier molecular flexibility index (Phi) is 7.15. The second kappa shape index (κ2) is 10.4. The van der Waals surface area contributed by atoms with Crippen molar-refractivity contribution in [3.63, 3.8) is 0 Å². The summed E-state index contributed by atoms with van der Waals surface area (Å²) in [7, 11) is 1.56. The first-order valence-corrected chi connectivity index (χ1v) is 11.2. The number of piperidine rings is 1. The van der Waals surface area contributed by atoms with E-state index >= 15 is 0 Å². The van der Waals surface area contributed by atoms with E-state index in [4.69, 9.17) is 16.3 Å². The number of benzene rings is 3. The summed E-state index contributed by atoms with van der Waals surface area (Å²) in [5.41, 5.74) is 2.33. The topological polar surface area (TPSA) is 70.7 Å². The van der Waals surface area contributed by atoms with Crippen LogP contribution in [0.25, 0.3) is 0 Å². The lowest BCUT2D eigenvalue weighted by Gasteiger charge is -2.37. The van der Waals surface area contributed by atoms with Crippen LogP contribution in [-0.4, -0.2) is 37.0 Å². The van der Waals surface area contributed by atoms with Gasteiger partial charge in [-0.2, -0.15) is 0 Å². The van der Waals surface area contributed by atoms with Gasteiger partial charge >= 0.3 is 6.03 Å². The number of nitrogens with one attached hydrogen (secondary N) is 2. The molecule has 1 aliphatic rings. The highest BCUT2D eigenvalue weighted by Gasteiger charge is 2.35. The molecule has 0 aromatic heterocycles. The Morgan fingerprint density at radius 1 is 0.939 bits per heavy atom. The summed E-state index contributed by atoms with van der Waals surface area (Å²) < 4.78 is 5.35. The van der Waals surface area contributed by atoms with Crippen LogP contribution in [0.5, 0.6) is 5.75 Å². The Hall–Kier alpha value is -3.51. The summed E-state index contributed by atoms with van der Waals surface area (Å²) in [4.78, 5) is 28.0. The van der Waals surface area contributed by atoms with Crippen LogP contribution in [0.4, 0.5) is 16.2 Å². The monoisotopic (exact) mass is 463 g/mol. The molecule has 1 fully saturated rings. The largest absolute Gasteiger partial charge is 0.495 e. The molecule has 0 radical (unpaired) electrons. The number of para-hydroxylation sites is 2. The lowest BCUT2D eigenvalue weighted by molar-refractivity contribution is -0.121. The number of carbonyl (C=O) groups is 2. The zero-order chi connectivity index (χ0) is 23.2. The van der Waals surface area contributed by atoms with Gasteiger partial charge in [-0.05, 0) is 42.3 Å². The van der Waals surface area contributed by atoms with E-state index < -0.39 is 0 Å². The van der Waals surface area contributed by atoms with E-state index in [2.05, 4.69) is 10.6 Å². The minimum absolute atomic E-state index is 0.0403. The minimum atomic E-state index is -0.369. The molecule has 2 N–H and O–H groups in total. The maximum atomic E-state index is 13.2. The first-order valence-electron chi connectivity index (χ1n) is 10.8. The Labute approximate surface area is 198 Å².